The molecule has 0 aromatic rings. The Kier molecular flexibility index (Phi) is 9.44. The smallest absolute Gasteiger partial charge is 0.303 e. The molecule has 1 N–H and O–H groups in total. The topological polar surface area (TPSA) is 37.3 Å². The monoisotopic (exact) mass is 280 g/mol. The van der Waals surface area contributed by atoms with Crippen LogP contribution in [0.4, 0.5) is 0 Å². The Hall–Kier alpha value is -0.790. The first-order chi connectivity index (χ1) is 9.74. The van der Waals surface area contributed by atoms with Crippen LogP contribution in [0.5, 0.6) is 0 Å². The molecule has 0 aliphatic heterocycles. The number of aliphatic carboxylic acids is 1. The normalized spacial score (nSPS) is 19.4. The van der Waals surface area contributed by atoms with Crippen molar-refractivity contribution in [2.24, 2.45) is 5.92 Å². The first kappa shape index (κ1) is 17.3. The number of unbranched alkanes of at least 4 members (excludes halogenated alkanes) is 8. The van der Waals surface area contributed by atoms with Gasteiger partial charge in [0.2, 0.25) is 0 Å². The minimum absolute atomic E-state index is 0.340. The summed E-state index contributed by atoms with van der Waals surface area (Å²) in [6, 6.07) is 0. The van der Waals surface area contributed by atoms with Crippen LogP contribution < -0.4 is 0 Å². The van der Waals surface area contributed by atoms with Crippen LogP contribution in [0.25, 0.3) is 0 Å². The molecule has 0 aromatic heterocycles. The van der Waals surface area contributed by atoms with E-state index in [-0.39, 0.29) is 0 Å². The summed E-state index contributed by atoms with van der Waals surface area (Å²) < 4.78 is 0. The number of carbonyl (C=O) groups is 1. The van der Waals surface area contributed by atoms with E-state index in [2.05, 4.69) is 13.0 Å². The Morgan fingerprint density at radius 2 is 1.80 bits per heavy atom. The van der Waals surface area contributed by atoms with Crippen molar-refractivity contribution in [3.05, 3.63) is 11.6 Å². The van der Waals surface area contributed by atoms with Crippen LogP contribution in [0.15, 0.2) is 11.6 Å². The van der Waals surface area contributed by atoms with Crippen molar-refractivity contribution in [1.29, 1.82) is 0 Å². The molecule has 1 fully saturated rings. The average Bonchev–Trinajstić information content (AvgIpc) is 3.16. The van der Waals surface area contributed by atoms with Crippen LogP contribution in [-0.2, 0) is 4.79 Å². The summed E-state index contributed by atoms with van der Waals surface area (Å²) in [7, 11) is 0. The van der Waals surface area contributed by atoms with Crippen molar-refractivity contribution < 1.29 is 9.90 Å². The fourth-order valence-electron chi connectivity index (χ4n) is 2.82. The van der Waals surface area contributed by atoms with E-state index >= 15 is 0 Å². The van der Waals surface area contributed by atoms with Gasteiger partial charge in [-0.05, 0) is 38.0 Å². The van der Waals surface area contributed by atoms with Gasteiger partial charge in [0.1, 0.15) is 0 Å². The maximum Gasteiger partial charge on any atom is 0.303 e. The lowest BCUT2D eigenvalue weighted by Crippen LogP contribution is -1.93. The van der Waals surface area contributed by atoms with Crippen molar-refractivity contribution in [1.82, 2.24) is 0 Å². The van der Waals surface area contributed by atoms with Gasteiger partial charge in [0.15, 0.2) is 0 Å². The fraction of sp³-hybridized carbons (Fsp3) is 0.833. The van der Waals surface area contributed by atoms with Gasteiger partial charge < -0.3 is 5.11 Å². The Bertz CT molecular complexity index is 294. The summed E-state index contributed by atoms with van der Waals surface area (Å²) in [5.41, 5.74) is 1.70. The van der Waals surface area contributed by atoms with E-state index in [4.69, 9.17) is 5.11 Å². The van der Waals surface area contributed by atoms with Gasteiger partial charge in [-0.3, -0.25) is 4.79 Å². The maximum atomic E-state index is 10.4. The predicted octanol–water partition coefficient (Wildman–Crippen LogP) is 5.72. The first-order valence-corrected chi connectivity index (χ1v) is 8.64. The molecule has 0 aromatic carbocycles. The van der Waals surface area contributed by atoms with E-state index in [1.807, 2.05) is 0 Å². The molecule has 20 heavy (non-hydrogen) atoms. The molecule has 0 radical (unpaired) electrons. The quantitative estimate of drug-likeness (QED) is 0.346. The molecule has 2 heteroatoms. The maximum absolute atomic E-state index is 10.4. The second kappa shape index (κ2) is 10.9. The van der Waals surface area contributed by atoms with Gasteiger partial charge in [-0.15, -0.1) is 0 Å². The van der Waals surface area contributed by atoms with Gasteiger partial charge in [0.25, 0.3) is 0 Å². The number of carboxylic acids is 1. The molecule has 0 spiro atoms. The lowest BCUT2D eigenvalue weighted by atomic mass is 10.1. The highest BCUT2D eigenvalue weighted by Gasteiger charge is 2.27. The number of allylic oxidation sites excluding steroid dienone is 2. The molecule has 0 heterocycles. The third-order valence-corrected chi connectivity index (χ3v) is 4.25. The predicted molar refractivity (Wildman–Crippen MR) is 84.9 cm³/mol. The Balaban J connectivity index is 1.86. The third kappa shape index (κ3) is 9.17. The Morgan fingerprint density at radius 3 is 2.55 bits per heavy atom. The SMILES string of the molecule is CCCCCCCC=C1CC1CCCCCCC(=O)O. The lowest BCUT2D eigenvalue weighted by molar-refractivity contribution is -0.137. The summed E-state index contributed by atoms with van der Waals surface area (Å²) in [6.07, 6.45) is 18.1. The van der Waals surface area contributed by atoms with Gasteiger partial charge >= 0.3 is 5.97 Å². The lowest BCUT2D eigenvalue weighted by Gasteiger charge is -1.98. The summed E-state index contributed by atoms with van der Waals surface area (Å²) >= 11 is 0. The molecular weight excluding hydrogens is 248 g/mol. The number of carboxylic acid groups (broad SMARTS) is 1. The Morgan fingerprint density at radius 1 is 1.10 bits per heavy atom. The highest BCUT2D eigenvalue weighted by Crippen LogP contribution is 2.42. The summed E-state index contributed by atoms with van der Waals surface area (Å²) in [4.78, 5) is 10.4. The van der Waals surface area contributed by atoms with Gasteiger partial charge in [-0.1, -0.05) is 63.5 Å². The van der Waals surface area contributed by atoms with Crippen LogP contribution in [0, 0.1) is 5.92 Å². The second-order valence-electron chi connectivity index (χ2n) is 6.23. The van der Waals surface area contributed by atoms with Gasteiger partial charge in [0, 0.05) is 6.42 Å². The Labute approximate surface area is 124 Å². The average molecular weight is 280 g/mol. The van der Waals surface area contributed by atoms with E-state index in [1.165, 1.54) is 64.2 Å². The van der Waals surface area contributed by atoms with Gasteiger partial charge in [-0.2, -0.15) is 0 Å². The molecule has 1 aliphatic rings. The van der Waals surface area contributed by atoms with Crippen molar-refractivity contribution in [3.8, 4) is 0 Å². The van der Waals surface area contributed by atoms with Crippen molar-refractivity contribution in [2.45, 2.75) is 90.4 Å². The molecular formula is C18H32O2. The largest absolute Gasteiger partial charge is 0.481 e. The molecule has 1 unspecified atom stereocenters. The molecule has 0 amide bonds. The van der Waals surface area contributed by atoms with Crippen LogP contribution >= 0.6 is 0 Å². The molecule has 1 rings (SSSR count). The minimum atomic E-state index is -0.656. The van der Waals surface area contributed by atoms with Crippen LogP contribution in [-0.4, -0.2) is 11.1 Å². The van der Waals surface area contributed by atoms with Crippen molar-refractivity contribution in [3.63, 3.8) is 0 Å². The van der Waals surface area contributed by atoms with E-state index in [1.54, 1.807) is 5.57 Å². The van der Waals surface area contributed by atoms with Gasteiger partial charge in [0.05, 0.1) is 0 Å². The molecule has 1 aliphatic carbocycles. The van der Waals surface area contributed by atoms with Crippen LogP contribution in [0.3, 0.4) is 0 Å². The molecule has 1 saturated carbocycles. The van der Waals surface area contributed by atoms with Crippen molar-refractivity contribution >= 4 is 5.97 Å². The third-order valence-electron chi connectivity index (χ3n) is 4.25. The molecule has 0 saturated heterocycles. The van der Waals surface area contributed by atoms with Gasteiger partial charge in [-0.25, -0.2) is 0 Å². The first-order valence-electron chi connectivity index (χ1n) is 8.64. The van der Waals surface area contributed by atoms with E-state index in [9.17, 15) is 4.79 Å². The second-order valence-corrected chi connectivity index (χ2v) is 6.23. The standard InChI is InChI=1S/C18H32O2/c1-2-3-4-5-6-9-12-16-15-17(16)13-10-7-8-11-14-18(19)20/h12,17H,2-11,13-15H2,1H3,(H,19,20). The highest BCUT2D eigenvalue weighted by atomic mass is 16.4. The zero-order valence-electron chi connectivity index (χ0n) is 13.2. The molecule has 1 atom stereocenters. The highest BCUT2D eigenvalue weighted by molar-refractivity contribution is 5.66. The number of hydrogen-bond acceptors (Lipinski definition) is 1. The van der Waals surface area contributed by atoms with E-state index in [0.717, 1.165) is 18.8 Å². The summed E-state index contributed by atoms with van der Waals surface area (Å²) in [6.45, 7) is 2.26. The molecule has 2 nitrogen and oxygen atoms in total. The zero-order chi connectivity index (χ0) is 14.6. The van der Waals surface area contributed by atoms with Crippen LogP contribution in [0.1, 0.15) is 90.4 Å². The summed E-state index contributed by atoms with van der Waals surface area (Å²) in [5.74, 6) is 0.224. The zero-order valence-corrected chi connectivity index (χ0v) is 13.2. The minimum Gasteiger partial charge on any atom is -0.481 e. The molecule has 0 bridgehead atoms. The summed E-state index contributed by atoms with van der Waals surface area (Å²) in [5, 5.41) is 8.55. The number of hydrogen-bond donors (Lipinski definition) is 1. The fourth-order valence-corrected chi connectivity index (χ4v) is 2.82. The van der Waals surface area contributed by atoms with E-state index in [0.29, 0.717) is 6.42 Å². The van der Waals surface area contributed by atoms with Crippen LogP contribution in [0.2, 0.25) is 0 Å². The molecule has 116 valence electrons. The number of rotatable bonds is 13. The van der Waals surface area contributed by atoms with Crippen molar-refractivity contribution in [2.75, 3.05) is 0 Å². The van der Waals surface area contributed by atoms with E-state index < -0.39 is 5.97 Å².